The van der Waals surface area contributed by atoms with Gasteiger partial charge in [0.05, 0.1) is 12.1 Å². The Morgan fingerprint density at radius 1 is 0.744 bits per heavy atom. The van der Waals surface area contributed by atoms with Crippen molar-refractivity contribution in [1.82, 2.24) is 25.9 Å². The van der Waals surface area contributed by atoms with Crippen molar-refractivity contribution in [3.05, 3.63) is 72.1 Å². The molecule has 2 heterocycles. The van der Waals surface area contributed by atoms with E-state index in [0.717, 1.165) is 32.9 Å². The summed E-state index contributed by atoms with van der Waals surface area (Å²) in [5.41, 5.74) is 15.0. The molecule has 228 valence electrons. The standard InChI is InChI=1S/C31H39N7O5/c1-16(2)26(28(33)40)37-30(42)25(13-19-15-35-24-11-7-5-9-21(19)24)36-31(43)27(17(3)39)38-29(41)22(32)12-18-14-34-23-10-6-4-8-20(18)23/h4-11,14-17,22,25-27,34-35,39H,12-13,32H2,1-3H3,(H2,33,40)(H,36,43)(H,37,42)(H,38,41)/t17-,22-,25+,26+,27+/m0/s1. The third-order valence-electron chi connectivity index (χ3n) is 7.52. The average molecular weight is 590 g/mol. The molecule has 0 spiro atoms. The summed E-state index contributed by atoms with van der Waals surface area (Å²) >= 11 is 0. The SMILES string of the molecule is CC(C)[C@@H](NC(=O)[C@@H](Cc1c[nH]c2ccccc12)NC(=O)[C@H](NC(=O)[C@@H](N)Cc1c[nH]c2ccccc12)[C@H](C)O)C(N)=O. The van der Waals surface area contributed by atoms with Crippen molar-refractivity contribution >= 4 is 45.4 Å². The van der Waals surface area contributed by atoms with E-state index in [4.69, 9.17) is 11.5 Å². The number of aliphatic hydroxyl groups excluding tert-OH is 1. The van der Waals surface area contributed by atoms with Crippen LogP contribution in [-0.2, 0) is 32.0 Å². The van der Waals surface area contributed by atoms with Crippen molar-refractivity contribution in [2.24, 2.45) is 17.4 Å². The predicted molar refractivity (Wildman–Crippen MR) is 163 cm³/mol. The van der Waals surface area contributed by atoms with Crippen LogP contribution in [0.1, 0.15) is 31.9 Å². The molecular formula is C31H39N7O5. The minimum atomic E-state index is -1.41. The maximum atomic E-state index is 13.5. The molecule has 0 unspecified atom stereocenters. The highest BCUT2D eigenvalue weighted by atomic mass is 16.3. The van der Waals surface area contributed by atoms with E-state index in [1.807, 2.05) is 48.5 Å². The van der Waals surface area contributed by atoms with Gasteiger partial charge in [-0.3, -0.25) is 19.2 Å². The van der Waals surface area contributed by atoms with Crippen molar-refractivity contribution in [3.8, 4) is 0 Å². The number of aromatic nitrogens is 2. The number of fused-ring (bicyclic) bond motifs is 2. The van der Waals surface area contributed by atoms with E-state index in [9.17, 15) is 24.3 Å². The van der Waals surface area contributed by atoms with E-state index in [2.05, 4.69) is 25.9 Å². The average Bonchev–Trinajstić information content (AvgIpc) is 3.57. The van der Waals surface area contributed by atoms with Gasteiger partial charge in [-0.2, -0.15) is 0 Å². The number of nitrogens with two attached hydrogens (primary N) is 2. The molecule has 0 radical (unpaired) electrons. The number of carbonyl (C=O) groups excluding carboxylic acids is 4. The first-order chi connectivity index (χ1) is 20.5. The number of amides is 4. The van der Waals surface area contributed by atoms with Gasteiger partial charge in [0.25, 0.3) is 0 Å². The molecule has 0 saturated heterocycles. The summed E-state index contributed by atoms with van der Waals surface area (Å²) < 4.78 is 0. The summed E-state index contributed by atoms with van der Waals surface area (Å²) in [5, 5.41) is 20.1. The Morgan fingerprint density at radius 2 is 1.26 bits per heavy atom. The summed E-state index contributed by atoms with van der Waals surface area (Å²) in [4.78, 5) is 58.3. The molecule has 4 amide bonds. The lowest BCUT2D eigenvalue weighted by Crippen LogP contribution is -2.60. The van der Waals surface area contributed by atoms with Gasteiger partial charge in [-0.15, -0.1) is 0 Å². The molecule has 0 saturated carbocycles. The number of para-hydroxylation sites is 2. The van der Waals surface area contributed by atoms with Crippen LogP contribution in [0.2, 0.25) is 0 Å². The predicted octanol–water partition coefficient (Wildman–Crippen LogP) is 0.738. The van der Waals surface area contributed by atoms with Gasteiger partial charge in [-0.05, 0) is 42.5 Å². The minimum absolute atomic E-state index is 0.0612. The molecule has 4 rings (SSSR count). The van der Waals surface area contributed by atoms with Gasteiger partial charge in [0.1, 0.15) is 18.1 Å². The van der Waals surface area contributed by atoms with Gasteiger partial charge in [-0.1, -0.05) is 50.2 Å². The quantitative estimate of drug-likeness (QED) is 0.113. The van der Waals surface area contributed by atoms with Gasteiger partial charge in [-0.25, -0.2) is 0 Å². The van der Waals surface area contributed by atoms with Crippen LogP contribution >= 0.6 is 0 Å². The van der Waals surface area contributed by atoms with Crippen molar-refractivity contribution in [2.75, 3.05) is 0 Å². The van der Waals surface area contributed by atoms with Crippen LogP contribution in [0.4, 0.5) is 0 Å². The van der Waals surface area contributed by atoms with Crippen LogP contribution in [0.15, 0.2) is 60.9 Å². The number of carbonyl (C=O) groups is 4. The summed E-state index contributed by atoms with van der Waals surface area (Å²) in [6.07, 6.45) is 2.46. The molecule has 0 bridgehead atoms. The van der Waals surface area contributed by atoms with Gasteiger partial charge in [0.2, 0.25) is 23.6 Å². The zero-order chi connectivity index (χ0) is 31.3. The third-order valence-corrected chi connectivity index (χ3v) is 7.52. The van der Waals surface area contributed by atoms with Crippen molar-refractivity contribution in [3.63, 3.8) is 0 Å². The molecule has 2 aromatic heterocycles. The van der Waals surface area contributed by atoms with E-state index in [1.165, 1.54) is 6.92 Å². The van der Waals surface area contributed by atoms with Crippen LogP contribution in [0.5, 0.6) is 0 Å². The molecular weight excluding hydrogens is 550 g/mol. The van der Waals surface area contributed by atoms with Crippen LogP contribution < -0.4 is 27.4 Å². The molecule has 12 heteroatoms. The number of hydrogen-bond donors (Lipinski definition) is 8. The Kier molecular flexibility index (Phi) is 9.84. The third kappa shape index (κ3) is 7.40. The smallest absolute Gasteiger partial charge is 0.245 e. The van der Waals surface area contributed by atoms with Gasteiger partial charge < -0.3 is 42.5 Å². The molecule has 5 atom stereocenters. The Labute approximate surface area is 249 Å². The van der Waals surface area contributed by atoms with Crippen LogP contribution in [0.25, 0.3) is 21.8 Å². The first kappa shape index (κ1) is 31.3. The highest BCUT2D eigenvalue weighted by molar-refractivity contribution is 5.96. The number of hydrogen-bond acceptors (Lipinski definition) is 6. The van der Waals surface area contributed by atoms with E-state index in [0.29, 0.717) is 0 Å². The minimum Gasteiger partial charge on any atom is -0.391 e. The number of aliphatic hydroxyl groups is 1. The van der Waals surface area contributed by atoms with Crippen LogP contribution in [0, 0.1) is 5.92 Å². The Balaban J connectivity index is 1.51. The van der Waals surface area contributed by atoms with Gasteiger partial charge >= 0.3 is 0 Å². The number of H-pyrrole nitrogens is 2. The largest absolute Gasteiger partial charge is 0.391 e. The summed E-state index contributed by atoms with van der Waals surface area (Å²) in [5.74, 6) is -3.07. The van der Waals surface area contributed by atoms with E-state index in [1.54, 1.807) is 26.2 Å². The van der Waals surface area contributed by atoms with Gasteiger partial charge in [0, 0.05) is 40.6 Å². The first-order valence-corrected chi connectivity index (χ1v) is 14.2. The Morgan fingerprint density at radius 3 is 1.77 bits per heavy atom. The number of rotatable bonds is 13. The number of nitrogens with one attached hydrogen (secondary N) is 5. The molecule has 12 nitrogen and oxygen atoms in total. The van der Waals surface area contributed by atoms with E-state index >= 15 is 0 Å². The second-order valence-electron chi connectivity index (χ2n) is 11.2. The molecule has 10 N–H and O–H groups in total. The Bertz CT molecular complexity index is 1610. The fourth-order valence-corrected chi connectivity index (χ4v) is 5.11. The molecule has 0 aliphatic heterocycles. The molecule has 43 heavy (non-hydrogen) atoms. The Hall–Kier alpha value is -4.68. The van der Waals surface area contributed by atoms with Crippen molar-refractivity contribution in [2.45, 2.75) is 63.9 Å². The first-order valence-electron chi connectivity index (χ1n) is 14.2. The molecule has 0 aliphatic rings. The lowest BCUT2D eigenvalue weighted by Gasteiger charge is -2.27. The highest BCUT2D eigenvalue weighted by Crippen LogP contribution is 2.20. The summed E-state index contributed by atoms with van der Waals surface area (Å²) in [6, 6.07) is 10.5. The lowest BCUT2D eigenvalue weighted by molar-refractivity contribution is -0.135. The fraction of sp³-hybridized carbons (Fsp3) is 0.355. The lowest BCUT2D eigenvalue weighted by atomic mass is 10.00. The van der Waals surface area contributed by atoms with Crippen LogP contribution in [0.3, 0.4) is 0 Å². The normalized spacial score (nSPS) is 15.0. The summed E-state index contributed by atoms with van der Waals surface area (Å²) in [7, 11) is 0. The second-order valence-corrected chi connectivity index (χ2v) is 11.2. The van der Waals surface area contributed by atoms with Crippen molar-refractivity contribution in [1.29, 1.82) is 0 Å². The van der Waals surface area contributed by atoms with E-state index in [-0.39, 0.29) is 18.8 Å². The fourth-order valence-electron chi connectivity index (χ4n) is 5.11. The number of aromatic amines is 2. The number of benzene rings is 2. The van der Waals surface area contributed by atoms with Crippen molar-refractivity contribution < 1.29 is 24.3 Å². The molecule has 2 aromatic carbocycles. The summed E-state index contributed by atoms with van der Waals surface area (Å²) in [6.45, 7) is 4.83. The van der Waals surface area contributed by atoms with Gasteiger partial charge in [0.15, 0.2) is 0 Å². The van der Waals surface area contributed by atoms with Crippen LogP contribution in [-0.4, -0.2) is 69.0 Å². The molecule has 0 fully saturated rings. The highest BCUT2D eigenvalue weighted by Gasteiger charge is 2.33. The van der Waals surface area contributed by atoms with E-state index < -0.39 is 53.9 Å². The zero-order valence-electron chi connectivity index (χ0n) is 24.4. The molecule has 4 aromatic rings. The number of primary amides is 1. The topological polar surface area (TPSA) is 208 Å². The maximum Gasteiger partial charge on any atom is 0.245 e. The monoisotopic (exact) mass is 589 g/mol. The molecule has 0 aliphatic carbocycles. The zero-order valence-corrected chi connectivity index (χ0v) is 24.4. The second kappa shape index (κ2) is 13.5. The maximum absolute atomic E-state index is 13.5.